The smallest absolute Gasteiger partial charge is 0.407 e. The molecule has 0 aliphatic heterocycles. The van der Waals surface area contributed by atoms with E-state index in [1.165, 1.54) is 7.11 Å². The van der Waals surface area contributed by atoms with E-state index in [0.717, 1.165) is 10.4 Å². The average Bonchev–Trinajstić information content (AvgIpc) is 2.87. The summed E-state index contributed by atoms with van der Waals surface area (Å²) in [4.78, 5) is 30.3. The molecule has 0 saturated carbocycles. The highest BCUT2D eigenvalue weighted by Crippen LogP contribution is 2.20. The lowest BCUT2D eigenvalue weighted by molar-refractivity contribution is -0.150. The summed E-state index contributed by atoms with van der Waals surface area (Å²) in [6, 6.07) is 4.55. The van der Waals surface area contributed by atoms with E-state index in [1.54, 1.807) is 26.8 Å². The second-order valence-electron chi connectivity index (χ2n) is 6.25. The Hall–Kier alpha value is -2.64. The summed E-state index contributed by atoms with van der Waals surface area (Å²) in [5, 5.41) is 10.3. The highest BCUT2D eigenvalue weighted by Gasteiger charge is 2.35. The van der Waals surface area contributed by atoms with Gasteiger partial charge in [-0.2, -0.15) is 0 Å². The molecule has 0 aliphatic carbocycles. The number of benzene rings is 1. The minimum absolute atomic E-state index is 0.572. The molecule has 0 spiro atoms. The molecule has 0 saturated heterocycles. The van der Waals surface area contributed by atoms with Crippen LogP contribution in [-0.4, -0.2) is 40.4 Å². The minimum Gasteiger partial charge on any atom is -0.453 e. The Labute approximate surface area is 133 Å². The number of carbonyl (C=O) groups excluding carboxylic acids is 2. The molecule has 23 heavy (non-hydrogen) atoms. The fourth-order valence-electron chi connectivity index (χ4n) is 2.07. The predicted molar refractivity (Wildman–Crippen MR) is 82.6 cm³/mol. The van der Waals surface area contributed by atoms with E-state index >= 15 is 0 Å². The number of fused-ring (bicyclic) bond motifs is 1. The number of nitrogens with one attached hydrogen (secondary N) is 1. The van der Waals surface area contributed by atoms with Gasteiger partial charge in [0.2, 0.25) is 0 Å². The maximum absolute atomic E-state index is 12.5. The molecule has 8 heteroatoms. The second-order valence-corrected chi connectivity index (χ2v) is 6.25. The van der Waals surface area contributed by atoms with Crippen molar-refractivity contribution in [1.82, 2.24) is 20.5 Å². The minimum atomic E-state index is -0.904. The molecular weight excluding hydrogens is 300 g/mol. The third-order valence-corrected chi connectivity index (χ3v) is 3.37. The van der Waals surface area contributed by atoms with Gasteiger partial charge in [-0.15, -0.1) is 5.10 Å². The zero-order valence-corrected chi connectivity index (χ0v) is 13.8. The SMILES string of the molecule is COC(=O)NC(C(=O)On1nnc2c(C)cccc21)C(C)(C)C. The molecule has 0 radical (unpaired) electrons. The predicted octanol–water partition coefficient (Wildman–Crippen LogP) is 1.47. The van der Waals surface area contributed by atoms with Crippen LogP contribution in [0, 0.1) is 12.3 Å². The van der Waals surface area contributed by atoms with Gasteiger partial charge in [0.1, 0.15) is 17.1 Å². The summed E-state index contributed by atoms with van der Waals surface area (Å²) < 4.78 is 4.55. The van der Waals surface area contributed by atoms with Gasteiger partial charge in [-0.05, 0) is 29.2 Å². The van der Waals surface area contributed by atoms with Crippen LogP contribution in [0.2, 0.25) is 0 Å². The number of ether oxygens (including phenoxy) is 1. The van der Waals surface area contributed by atoms with E-state index < -0.39 is 23.5 Å². The number of alkyl carbamates (subject to hydrolysis) is 1. The maximum Gasteiger partial charge on any atom is 0.407 e. The Bertz CT molecular complexity index is 733. The van der Waals surface area contributed by atoms with Gasteiger partial charge >= 0.3 is 12.1 Å². The van der Waals surface area contributed by atoms with Crippen LogP contribution in [0.4, 0.5) is 4.79 Å². The van der Waals surface area contributed by atoms with Crippen LogP contribution in [0.3, 0.4) is 0 Å². The number of aryl methyl sites for hydroxylation is 1. The Morgan fingerprint density at radius 3 is 2.61 bits per heavy atom. The van der Waals surface area contributed by atoms with Crippen molar-refractivity contribution >= 4 is 23.1 Å². The van der Waals surface area contributed by atoms with Gasteiger partial charge in [0.15, 0.2) is 0 Å². The Balaban J connectivity index is 2.27. The van der Waals surface area contributed by atoms with E-state index in [4.69, 9.17) is 4.84 Å². The lowest BCUT2D eigenvalue weighted by Gasteiger charge is -2.28. The van der Waals surface area contributed by atoms with Crippen molar-refractivity contribution in [1.29, 1.82) is 0 Å². The van der Waals surface area contributed by atoms with Crippen LogP contribution in [0.1, 0.15) is 26.3 Å². The molecule has 1 atom stereocenters. The quantitative estimate of drug-likeness (QED) is 0.860. The molecule has 1 N–H and O–H groups in total. The van der Waals surface area contributed by atoms with Gasteiger partial charge in [-0.1, -0.05) is 37.7 Å². The third-order valence-electron chi connectivity index (χ3n) is 3.37. The van der Waals surface area contributed by atoms with Gasteiger partial charge in [-0.3, -0.25) is 0 Å². The highest BCUT2D eigenvalue weighted by molar-refractivity contribution is 5.83. The van der Waals surface area contributed by atoms with Crippen LogP contribution in [-0.2, 0) is 9.53 Å². The van der Waals surface area contributed by atoms with Crippen molar-refractivity contribution in [3.05, 3.63) is 23.8 Å². The van der Waals surface area contributed by atoms with Crippen LogP contribution in [0.15, 0.2) is 18.2 Å². The summed E-state index contributed by atoms with van der Waals surface area (Å²) in [5.74, 6) is -0.656. The van der Waals surface area contributed by atoms with Crippen LogP contribution in [0.25, 0.3) is 11.0 Å². The van der Waals surface area contributed by atoms with Crippen LogP contribution in [0.5, 0.6) is 0 Å². The molecule has 0 aliphatic rings. The largest absolute Gasteiger partial charge is 0.453 e. The van der Waals surface area contributed by atoms with E-state index in [2.05, 4.69) is 20.4 Å². The summed E-state index contributed by atoms with van der Waals surface area (Å²) in [7, 11) is 1.23. The molecule has 8 nitrogen and oxygen atoms in total. The van der Waals surface area contributed by atoms with Crippen LogP contribution < -0.4 is 10.2 Å². The topological polar surface area (TPSA) is 95.3 Å². The second kappa shape index (κ2) is 6.23. The van der Waals surface area contributed by atoms with E-state index in [9.17, 15) is 9.59 Å². The standard InChI is InChI=1S/C15H20N4O4/c1-9-7-6-8-10-11(9)17-18-19(10)23-13(20)12(15(2,3)4)16-14(21)22-5/h6-8,12H,1-5H3,(H,16,21). The number of carbonyl (C=O) groups is 2. The van der Waals surface area contributed by atoms with Crippen molar-refractivity contribution in [2.24, 2.45) is 5.41 Å². The molecule has 124 valence electrons. The number of nitrogens with zero attached hydrogens (tertiary/aromatic N) is 3. The lowest BCUT2D eigenvalue weighted by Crippen LogP contribution is -2.52. The van der Waals surface area contributed by atoms with Crippen molar-refractivity contribution < 1.29 is 19.2 Å². The number of hydrogen-bond acceptors (Lipinski definition) is 6. The molecule has 1 aromatic heterocycles. The fourth-order valence-corrected chi connectivity index (χ4v) is 2.07. The Kier molecular flexibility index (Phi) is 4.53. The van der Waals surface area contributed by atoms with E-state index in [0.29, 0.717) is 11.0 Å². The van der Waals surface area contributed by atoms with Gasteiger partial charge in [0, 0.05) is 0 Å². The molecule has 0 fully saturated rings. The summed E-state index contributed by atoms with van der Waals surface area (Å²) in [6.07, 6.45) is -0.707. The number of methoxy groups -OCH3 is 1. The third kappa shape index (κ3) is 3.58. The zero-order chi connectivity index (χ0) is 17.2. The van der Waals surface area contributed by atoms with Crippen molar-refractivity contribution in [2.45, 2.75) is 33.7 Å². The van der Waals surface area contributed by atoms with Gasteiger partial charge in [0.25, 0.3) is 0 Å². The van der Waals surface area contributed by atoms with Crippen LogP contribution >= 0.6 is 0 Å². The Morgan fingerprint density at radius 1 is 1.30 bits per heavy atom. The Morgan fingerprint density at radius 2 is 2.00 bits per heavy atom. The lowest BCUT2D eigenvalue weighted by atomic mass is 9.87. The molecule has 2 aromatic rings. The summed E-state index contributed by atoms with van der Waals surface area (Å²) in [5.41, 5.74) is 1.57. The first-order valence-corrected chi connectivity index (χ1v) is 7.11. The molecule has 1 heterocycles. The van der Waals surface area contributed by atoms with Crippen molar-refractivity contribution in [3.8, 4) is 0 Å². The van der Waals surface area contributed by atoms with E-state index in [-0.39, 0.29) is 0 Å². The monoisotopic (exact) mass is 320 g/mol. The molecule has 1 amide bonds. The van der Waals surface area contributed by atoms with E-state index in [1.807, 2.05) is 19.1 Å². The number of aromatic nitrogens is 3. The molecule has 1 aromatic carbocycles. The zero-order valence-electron chi connectivity index (χ0n) is 13.8. The first-order chi connectivity index (χ1) is 10.7. The average molecular weight is 320 g/mol. The molecule has 2 rings (SSSR count). The molecular formula is C15H20N4O4. The first kappa shape index (κ1) is 16.7. The van der Waals surface area contributed by atoms with Crippen molar-refractivity contribution in [2.75, 3.05) is 7.11 Å². The number of rotatable bonds is 3. The van der Waals surface area contributed by atoms with Gasteiger partial charge in [-0.25, -0.2) is 9.59 Å². The first-order valence-electron chi connectivity index (χ1n) is 7.11. The summed E-state index contributed by atoms with van der Waals surface area (Å²) >= 11 is 0. The van der Waals surface area contributed by atoms with Crippen molar-refractivity contribution in [3.63, 3.8) is 0 Å². The molecule has 1 unspecified atom stereocenters. The molecule has 0 bridgehead atoms. The maximum atomic E-state index is 12.5. The number of amides is 1. The number of hydrogen-bond donors (Lipinski definition) is 1. The summed E-state index contributed by atoms with van der Waals surface area (Å²) in [6.45, 7) is 7.30. The van der Waals surface area contributed by atoms with Gasteiger partial charge in [0.05, 0.1) is 7.11 Å². The fraction of sp³-hybridized carbons (Fsp3) is 0.467. The normalized spacial score (nSPS) is 12.7. The highest BCUT2D eigenvalue weighted by atomic mass is 16.7. The van der Waals surface area contributed by atoms with Gasteiger partial charge < -0.3 is 14.9 Å².